The minimum Gasteiger partial charge on any atom is -0.493 e. The molecule has 5 nitrogen and oxygen atoms in total. The fourth-order valence-corrected chi connectivity index (χ4v) is 2.78. The van der Waals surface area contributed by atoms with Crippen molar-refractivity contribution in [3.8, 4) is 11.5 Å². The van der Waals surface area contributed by atoms with Crippen LogP contribution in [0.25, 0.3) is 0 Å². The maximum Gasteiger partial charge on any atom is 0.278 e. The number of carbonyl (C=O) groups is 1. The molecule has 1 aromatic rings. The average Bonchev–Trinajstić information content (AvgIpc) is 3.05. The third-order valence-corrected chi connectivity index (χ3v) is 4.17. The summed E-state index contributed by atoms with van der Waals surface area (Å²) in [6, 6.07) is 5.71. The molecule has 0 unspecified atom stereocenters. The number of nitrogens with one attached hydrogen (secondary N) is 2. The normalized spacial score (nSPS) is 16.5. The molecule has 1 atom stereocenters. The minimum atomic E-state index is 0.0210. The van der Waals surface area contributed by atoms with Gasteiger partial charge >= 0.3 is 0 Å². The maximum absolute atomic E-state index is 12.2. The van der Waals surface area contributed by atoms with Gasteiger partial charge in [-0.1, -0.05) is 6.07 Å². The standard InChI is InChI=1S/C16H24N2O3/c1-12(18-8-4-5-9-18)16(19)17-11-13-6-7-14(20-2)15(10-13)21-3/h6-7,10,12H,4-5,8-9,11H2,1-3H3,(H,17,19)/p+1/t12-/m1/s1. The fourth-order valence-electron chi connectivity index (χ4n) is 2.78. The topological polar surface area (TPSA) is 52.0 Å². The minimum absolute atomic E-state index is 0.0210. The van der Waals surface area contributed by atoms with E-state index in [1.807, 2.05) is 25.1 Å². The van der Waals surface area contributed by atoms with E-state index in [1.165, 1.54) is 17.7 Å². The molecular formula is C16H25N2O3+. The van der Waals surface area contributed by atoms with Crippen LogP contribution in [0.5, 0.6) is 11.5 Å². The Bertz CT molecular complexity index is 484. The Kier molecular flexibility index (Phi) is 5.44. The second-order valence-corrected chi connectivity index (χ2v) is 5.49. The number of hydrogen-bond acceptors (Lipinski definition) is 3. The molecule has 2 rings (SSSR count). The SMILES string of the molecule is COc1ccc(CNC(=O)[C@@H](C)[NH+]2CCCC2)cc1OC. The van der Waals surface area contributed by atoms with Crippen LogP contribution in [-0.4, -0.2) is 39.3 Å². The van der Waals surface area contributed by atoms with Gasteiger partial charge in [-0.3, -0.25) is 4.79 Å². The lowest BCUT2D eigenvalue weighted by Crippen LogP contribution is -3.14. The molecule has 2 N–H and O–H groups in total. The Labute approximate surface area is 126 Å². The summed E-state index contributed by atoms with van der Waals surface area (Å²) in [6.45, 7) is 4.72. The molecule has 1 aliphatic heterocycles. The molecule has 1 aliphatic rings. The van der Waals surface area contributed by atoms with Gasteiger partial charge in [0, 0.05) is 19.4 Å². The largest absolute Gasteiger partial charge is 0.493 e. The first kappa shape index (κ1) is 15.6. The van der Waals surface area contributed by atoms with Gasteiger partial charge in [-0.2, -0.15) is 0 Å². The number of rotatable bonds is 6. The molecule has 1 saturated heterocycles. The van der Waals surface area contributed by atoms with Gasteiger partial charge in [0.2, 0.25) is 0 Å². The van der Waals surface area contributed by atoms with Crippen molar-refractivity contribution in [2.45, 2.75) is 32.4 Å². The quantitative estimate of drug-likeness (QED) is 0.798. The molecule has 116 valence electrons. The van der Waals surface area contributed by atoms with Crippen molar-refractivity contribution >= 4 is 5.91 Å². The van der Waals surface area contributed by atoms with Gasteiger partial charge in [-0.05, 0) is 24.6 Å². The summed E-state index contributed by atoms with van der Waals surface area (Å²) in [7, 11) is 3.22. The van der Waals surface area contributed by atoms with Gasteiger partial charge in [0.1, 0.15) is 0 Å². The molecular weight excluding hydrogens is 268 g/mol. The first-order valence-corrected chi connectivity index (χ1v) is 7.49. The highest BCUT2D eigenvalue weighted by molar-refractivity contribution is 5.79. The number of quaternary nitrogens is 1. The Morgan fingerprint density at radius 1 is 1.24 bits per heavy atom. The van der Waals surface area contributed by atoms with Crippen LogP contribution in [0.2, 0.25) is 0 Å². The Hall–Kier alpha value is -1.75. The van der Waals surface area contributed by atoms with E-state index in [4.69, 9.17) is 9.47 Å². The Balaban J connectivity index is 1.91. The molecule has 1 fully saturated rings. The zero-order chi connectivity index (χ0) is 15.2. The predicted molar refractivity (Wildman–Crippen MR) is 80.8 cm³/mol. The highest BCUT2D eigenvalue weighted by Crippen LogP contribution is 2.27. The van der Waals surface area contributed by atoms with Crippen LogP contribution >= 0.6 is 0 Å². The van der Waals surface area contributed by atoms with Crippen LogP contribution in [0.1, 0.15) is 25.3 Å². The molecule has 1 aromatic carbocycles. The first-order chi connectivity index (χ1) is 10.2. The van der Waals surface area contributed by atoms with E-state index >= 15 is 0 Å². The Morgan fingerprint density at radius 3 is 2.52 bits per heavy atom. The van der Waals surface area contributed by atoms with E-state index in [1.54, 1.807) is 14.2 Å². The summed E-state index contributed by atoms with van der Waals surface area (Å²) in [5.74, 6) is 1.49. The zero-order valence-corrected chi connectivity index (χ0v) is 13.1. The van der Waals surface area contributed by atoms with E-state index in [2.05, 4.69) is 5.32 Å². The molecule has 0 aromatic heterocycles. The maximum atomic E-state index is 12.2. The van der Waals surface area contributed by atoms with Gasteiger partial charge in [0.25, 0.3) is 5.91 Å². The van der Waals surface area contributed by atoms with Crippen molar-refractivity contribution < 1.29 is 19.2 Å². The summed E-state index contributed by atoms with van der Waals surface area (Å²) >= 11 is 0. The molecule has 1 amide bonds. The first-order valence-electron chi connectivity index (χ1n) is 7.49. The second kappa shape index (κ2) is 7.31. The van der Waals surface area contributed by atoms with E-state index in [9.17, 15) is 4.79 Å². The van der Waals surface area contributed by atoms with Crippen LogP contribution in [0.15, 0.2) is 18.2 Å². The van der Waals surface area contributed by atoms with Gasteiger partial charge in [0.05, 0.1) is 27.3 Å². The van der Waals surface area contributed by atoms with Crippen molar-refractivity contribution in [1.29, 1.82) is 0 Å². The molecule has 0 bridgehead atoms. The highest BCUT2D eigenvalue weighted by atomic mass is 16.5. The number of benzene rings is 1. The van der Waals surface area contributed by atoms with Crippen molar-refractivity contribution in [3.63, 3.8) is 0 Å². The van der Waals surface area contributed by atoms with Crippen molar-refractivity contribution in [3.05, 3.63) is 23.8 Å². The number of hydrogen-bond donors (Lipinski definition) is 2. The van der Waals surface area contributed by atoms with Crippen molar-refractivity contribution in [1.82, 2.24) is 5.32 Å². The lowest BCUT2D eigenvalue weighted by molar-refractivity contribution is -0.901. The lowest BCUT2D eigenvalue weighted by atomic mass is 10.2. The van der Waals surface area contributed by atoms with E-state index in [0.717, 1.165) is 18.7 Å². The van der Waals surface area contributed by atoms with Gasteiger partial charge < -0.3 is 19.7 Å². The summed E-state index contributed by atoms with van der Waals surface area (Å²) < 4.78 is 10.5. The van der Waals surface area contributed by atoms with Gasteiger partial charge in [-0.25, -0.2) is 0 Å². The van der Waals surface area contributed by atoms with E-state index in [0.29, 0.717) is 18.0 Å². The zero-order valence-electron chi connectivity index (χ0n) is 13.1. The van der Waals surface area contributed by atoms with Crippen LogP contribution in [0.4, 0.5) is 0 Å². The van der Waals surface area contributed by atoms with Crippen LogP contribution in [0.3, 0.4) is 0 Å². The molecule has 1 heterocycles. The lowest BCUT2D eigenvalue weighted by Gasteiger charge is -2.20. The smallest absolute Gasteiger partial charge is 0.278 e. The van der Waals surface area contributed by atoms with Crippen molar-refractivity contribution in [2.75, 3.05) is 27.3 Å². The Morgan fingerprint density at radius 2 is 1.90 bits per heavy atom. The molecule has 0 spiro atoms. The molecule has 21 heavy (non-hydrogen) atoms. The number of amides is 1. The highest BCUT2D eigenvalue weighted by Gasteiger charge is 2.27. The molecule has 0 radical (unpaired) electrons. The fraction of sp³-hybridized carbons (Fsp3) is 0.562. The third kappa shape index (κ3) is 3.88. The molecule has 5 heteroatoms. The van der Waals surface area contributed by atoms with Gasteiger partial charge in [0.15, 0.2) is 17.5 Å². The van der Waals surface area contributed by atoms with Crippen LogP contribution in [0, 0.1) is 0 Å². The number of carbonyl (C=O) groups excluding carboxylic acids is 1. The molecule has 0 aliphatic carbocycles. The van der Waals surface area contributed by atoms with Gasteiger partial charge in [-0.15, -0.1) is 0 Å². The molecule has 0 saturated carbocycles. The van der Waals surface area contributed by atoms with Crippen molar-refractivity contribution in [2.24, 2.45) is 0 Å². The monoisotopic (exact) mass is 293 g/mol. The number of likely N-dealkylation sites (tertiary alicyclic amines) is 1. The summed E-state index contributed by atoms with van der Waals surface area (Å²) in [5.41, 5.74) is 1.00. The number of methoxy groups -OCH3 is 2. The van der Waals surface area contributed by atoms with Crippen LogP contribution < -0.4 is 19.7 Å². The average molecular weight is 293 g/mol. The van der Waals surface area contributed by atoms with Crippen LogP contribution in [-0.2, 0) is 11.3 Å². The van der Waals surface area contributed by atoms with E-state index < -0.39 is 0 Å². The summed E-state index contributed by atoms with van der Waals surface area (Å²) in [5, 5.41) is 3.01. The summed E-state index contributed by atoms with van der Waals surface area (Å²) in [4.78, 5) is 13.6. The predicted octanol–water partition coefficient (Wildman–Crippen LogP) is 0.387. The third-order valence-electron chi connectivity index (χ3n) is 4.17. The second-order valence-electron chi connectivity index (χ2n) is 5.49. The van der Waals surface area contributed by atoms with E-state index in [-0.39, 0.29) is 11.9 Å². The summed E-state index contributed by atoms with van der Waals surface area (Å²) in [6.07, 6.45) is 2.45. The number of ether oxygens (including phenoxy) is 2.